The van der Waals surface area contributed by atoms with Crippen LogP contribution in [0.3, 0.4) is 0 Å². The lowest BCUT2D eigenvalue weighted by Crippen LogP contribution is -2.30. The topological polar surface area (TPSA) is 70.5 Å². The number of carbonyl (C=O) groups is 2. The van der Waals surface area contributed by atoms with E-state index >= 15 is 0 Å². The molecule has 0 aliphatic carbocycles. The minimum atomic E-state index is -1.19. The van der Waals surface area contributed by atoms with Gasteiger partial charge in [-0.2, -0.15) is 0 Å². The van der Waals surface area contributed by atoms with Crippen LogP contribution in [0.1, 0.15) is 22.7 Å². The molecule has 1 N–H and O–H groups in total. The van der Waals surface area contributed by atoms with Crippen LogP contribution in [-0.2, 0) is 9.59 Å². The molecule has 1 fully saturated rings. The van der Waals surface area contributed by atoms with Crippen molar-refractivity contribution in [2.24, 2.45) is 0 Å². The zero-order valence-electron chi connectivity index (χ0n) is 16.1. The average Bonchev–Trinajstić information content (AvgIpc) is 3.02. The molecular formula is C23H15BrF2N2O3. The van der Waals surface area contributed by atoms with Crippen LogP contribution in [0, 0.1) is 18.6 Å². The molecular weight excluding hydrogens is 470 g/mol. The Morgan fingerprint density at radius 1 is 1.13 bits per heavy atom. The van der Waals surface area contributed by atoms with E-state index in [-0.39, 0.29) is 5.57 Å². The Bertz CT molecular complexity index is 1240. The summed E-state index contributed by atoms with van der Waals surface area (Å²) in [6.07, 6.45) is 2.90. The third-order valence-electron chi connectivity index (χ3n) is 5.04. The number of hydrogen-bond donors (Lipinski definition) is 1. The van der Waals surface area contributed by atoms with Crippen molar-refractivity contribution in [2.75, 3.05) is 4.90 Å². The fourth-order valence-corrected chi connectivity index (χ4v) is 3.80. The van der Waals surface area contributed by atoms with Crippen LogP contribution in [0.4, 0.5) is 14.5 Å². The minimum absolute atomic E-state index is 0.233. The van der Waals surface area contributed by atoms with Crippen LogP contribution in [-0.4, -0.2) is 21.8 Å². The van der Waals surface area contributed by atoms with Crippen molar-refractivity contribution in [3.63, 3.8) is 0 Å². The van der Waals surface area contributed by atoms with Crippen molar-refractivity contribution in [3.05, 3.63) is 99.3 Å². The molecule has 1 atom stereocenters. The molecule has 2 aromatic carbocycles. The van der Waals surface area contributed by atoms with Crippen molar-refractivity contribution in [1.82, 2.24) is 4.98 Å². The number of aryl methyl sites for hydroxylation is 1. The van der Waals surface area contributed by atoms with Gasteiger partial charge in [-0.3, -0.25) is 19.5 Å². The first-order valence-electron chi connectivity index (χ1n) is 9.22. The van der Waals surface area contributed by atoms with Crippen LogP contribution in [0.25, 0.3) is 5.76 Å². The molecule has 1 saturated heterocycles. The molecule has 1 aliphatic heterocycles. The number of pyridine rings is 1. The van der Waals surface area contributed by atoms with Crippen LogP contribution < -0.4 is 4.90 Å². The van der Waals surface area contributed by atoms with Crippen molar-refractivity contribution >= 4 is 39.1 Å². The SMILES string of the molecule is Cc1cc(/C(O)=C2\C(=O)C(=O)N(c3cc(F)ccc3F)C2c2cccnc2)ccc1Br. The van der Waals surface area contributed by atoms with E-state index in [1.165, 1.54) is 12.4 Å². The first kappa shape index (κ1) is 20.9. The van der Waals surface area contributed by atoms with E-state index in [9.17, 15) is 23.5 Å². The van der Waals surface area contributed by atoms with Gasteiger partial charge in [0.15, 0.2) is 0 Å². The number of ketones is 1. The molecule has 1 aromatic heterocycles. The Balaban J connectivity index is 1.98. The quantitative estimate of drug-likeness (QED) is 0.320. The Kier molecular flexibility index (Phi) is 5.41. The van der Waals surface area contributed by atoms with E-state index < -0.39 is 40.8 Å². The summed E-state index contributed by atoms with van der Waals surface area (Å²) in [6.45, 7) is 1.81. The van der Waals surface area contributed by atoms with Crippen LogP contribution in [0.15, 0.2) is 71.0 Å². The summed E-state index contributed by atoms with van der Waals surface area (Å²) < 4.78 is 29.3. The van der Waals surface area contributed by atoms with Crippen molar-refractivity contribution in [2.45, 2.75) is 13.0 Å². The van der Waals surface area contributed by atoms with Crippen LogP contribution in [0.2, 0.25) is 0 Å². The van der Waals surface area contributed by atoms with Gasteiger partial charge in [0.1, 0.15) is 17.4 Å². The number of aliphatic hydroxyl groups is 1. The second-order valence-corrected chi connectivity index (χ2v) is 7.87. The van der Waals surface area contributed by atoms with E-state index in [0.29, 0.717) is 11.1 Å². The first-order chi connectivity index (χ1) is 14.8. The predicted molar refractivity (Wildman–Crippen MR) is 114 cm³/mol. The second-order valence-electron chi connectivity index (χ2n) is 7.02. The average molecular weight is 485 g/mol. The fourth-order valence-electron chi connectivity index (χ4n) is 3.55. The van der Waals surface area contributed by atoms with Gasteiger partial charge in [0.2, 0.25) is 0 Å². The fraction of sp³-hybridized carbons (Fsp3) is 0.0870. The Hall–Kier alpha value is -3.39. The van der Waals surface area contributed by atoms with Gasteiger partial charge in [-0.15, -0.1) is 0 Å². The molecule has 1 amide bonds. The summed E-state index contributed by atoms with van der Waals surface area (Å²) in [5.74, 6) is -4.14. The highest BCUT2D eigenvalue weighted by atomic mass is 79.9. The lowest BCUT2D eigenvalue weighted by atomic mass is 9.95. The number of Topliss-reactive ketones (excluding diaryl/α,β-unsaturated/α-hetero) is 1. The molecule has 0 bridgehead atoms. The molecule has 0 saturated carbocycles. The van der Waals surface area contributed by atoms with Gasteiger partial charge < -0.3 is 5.11 Å². The highest BCUT2D eigenvalue weighted by molar-refractivity contribution is 9.10. The molecule has 1 aliphatic rings. The van der Waals surface area contributed by atoms with E-state index in [0.717, 1.165) is 33.1 Å². The predicted octanol–water partition coefficient (Wildman–Crippen LogP) is 5.06. The maximum Gasteiger partial charge on any atom is 0.300 e. The zero-order valence-corrected chi connectivity index (χ0v) is 17.7. The molecule has 0 radical (unpaired) electrons. The standard InChI is InChI=1S/C23H15BrF2N2O3/c1-12-9-13(4-6-16(12)24)21(29)19-20(14-3-2-8-27-11-14)28(23(31)22(19)30)18-10-15(25)5-7-17(18)26/h2-11,20,29H,1H3/b21-19+. The van der Waals surface area contributed by atoms with Crippen LogP contribution in [0.5, 0.6) is 0 Å². The van der Waals surface area contributed by atoms with Gasteiger partial charge in [0.25, 0.3) is 11.7 Å². The largest absolute Gasteiger partial charge is 0.507 e. The van der Waals surface area contributed by atoms with Gasteiger partial charge in [0, 0.05) is 28.5 Å². The highest BCUT2D eigenvalue weighted by Crippen LogP contribution is 2.43. The third kappa shape index (κ3) is 3.63. The number of anilines is 1. The normalized spacial score (nSPS) is 17.9. The minimum Gasteiger partial charge on any atom is -0.507 e. The number of aliphatic hydroxyl groups excluding tert-OH is 1. The molecule has 3 aromatic rings. The summed E-state index contributed by atoms with van der Waals surface area (Å²) in [4.78, 5) is 30.8. The Morgan fingerprint density at radius 3 is 2.58 bits per heavy atom. The molecule has 2 heterocycles. The zero-order chi connectivity index (χ0) is 22.3. The first-order valence-corrected chi connectivity index (χ1v) is 10.0. The Morgan fingerprint density at radius 2 is 1.90 bits per heavy atom. The van der Waals surface area contributed by atoms with E-state index in [1.807, 2.05) is 0 Å². The number of carbonyl (C=O) groups excluding carboxylic acids is 2. The van der Waals surface area contributed by atoms with Gasteiger partial charge in [-0.05, 0) is 48.4 Å². The number of hydrogen-bond acceptors (Lipinski definition) is 4. The van der Waals surface area contributed by atoms with E-state index in [4.69, 9.17) is 0 Å². The van der Waals surface area contributed by atoms with Gasteiger partial charge in [-0.25, -0.2) is 8.78 Å². The number of halogens is 3. The van der Waals surface area contributed by atoms with Gasteiger partial charge in [0.05, 0.1) is 17.3 Å². The number of nitrogens with zero attached hydrogens (tertiary/aromatic N) is 2. The summed E-state index contributed by atoms with van der Waals surface area (Å²) in [5, 5.41) is 11.0. The molecule has 0 spiro atoms. The molecule has 1 unspecified atom stereocenters. The maximum atomic E-state index is 14.6. The lowest BCUT2D eigenvalue weighted by Gasteiger charge is -2.25. The lowest BCUT2D eigenvalue weighted by molar-refractivity contribution is -0.132. The molecule has 5 nitrogen and oxygen atoms in total. The number of amides is 1. The van der Waals surface area contributed by atoms with E-state index in [1.54, 1.807) is 37.3 Å². The number of rotatable bonds is 3. The van der Waals surface area contributed by atoms with Crippen molar-refractivity contribution < 1.29 is 23.5 Å². The monoisotopic (exact) mass is 484 g/mol. The van der Waals surface area contributed by atoms with Crippen molar-refractivity contribution in [1.29, 1.82) is 0 Å². The Labute approximate surface area is 184 Å². The maximum absolute atomic E-state index is 14.6. The van der Waals surface area contributed by atoms with Crippen LogP contribution >= 0.6 is 15.9 Å². The highest BCUT2D eigenvalue weighted by Gasteiger charge is 2.48. The summed E-state index contributed by atoms with van der Waals surface area (Å²) in [5.41, 5.74) is 0.839. The summed E-state index contributed by atoms with van der Waals surface area (Å²) >= 11 is 3.37. The number of benzene rings is 2. The molecule has 31 heavy (non-hydrogen) atoms. The smallest absolute Gasteiger partial charge is 0.300 e. The summed E-state index contributed by atoms with van der Waals surface area (Å²) in [6, 6.07) is 9.56. The number of aromatic nitrogens is 1. The molecule has 8 heteroatoms. The molecule has 156 valence electrons. The van der Waals surface area contributed by atoms with E-state index in [2.05, 4.69) is 20.9 Å². The molecule has 4 rings (SSSR count). The summed E-state index contributed by atoms with van der Waals surface area (Å²) in [7, 11) is 0. The second kappa shape index (κ2) is 8.03. The van der Waals surface area contributed by atoms with Gasteiger partial charge >= 0.3 is 0 Å². The van der Waals surface area contributed by atoms with Crippen molar-refractivity contribution in [3.8, 4) is 0 Å². The van der Waals surface area contributed by atoms with Gasteiger partial charge in [-0.1, -0.05) is 28.1 Å². The third-order valence-corrected chi connectivity index (χ3v) is 5.93.